The number of hydrogen-bond donors (Lipinski definition) is 0. The first-order valence-corrected chi connectivity index (χ1v) is 9.27. The van der Waals surface area contributed by atoms with E-state index in [4.69, 9.17) is 11.6 Å². The van der Waals surface area contributed by atoms with Crippen molar-refractivity contribution in [3.05, 3.63) is 46.9 Å². The van der Waals surface area contributed by atoms with Crippen molar-refractivity contribution in [1.82, 2.24) is 29.0 Å². The van der Waals surface area contributed by atoms with E-state index in [9.17, 15) is 4.79 Å². The fourth-order valence-corrected chi connectivity index (χ4v) is 3.83. The minimum absolute atomic E-state index is 0.129. The highest BCUT2D eigenvalue weighted by Gasteiger charge is 2.29. The van der Waals surface area contributed by atoms with Gasteiger partial charge >= 0.3 is 0 Å². The van der Waals surface area contributed by atoms with Crippen LogP contribution in [0.25, 0.3) is 5.65 Å². The molecule has 136 valence electrons. The van der Waals surface area contributed by atoms with Crippen LogP contribution in [-0.4, -0.2) is 48.0 Å². The number of carbonyl (C=O) groups excluding carboxylic acids is 1. The number of aromatic nitrogens is 5. The maximum atomic E-state index is 12.9. The molecule has 3 aromatic heterocycles. The molecule has 26 heavy (non-hydrogen) atoms. The quantitative estimate of drug-likeness (QED) is 0.708. The number of aryl methyl sites for hydroxylation is 2. The lowest BCUT2D eigenvalue weighted by molar-refractivity contribution is 0.0704. The normalized spacial score (nSPS) is 15.7. The van der Waals surface area contributed by atoms with Gasteiger partial charge in [-0.1, -0.05) is 11.6 Å². The molecule has 1 saturated heterocycles. The van der Waals surface area contributed by atoms with Crippen LogP contribution in [0.4, 0.5) is 0 Å². The Bertz CT molecular complexity index is 954. The van der Waals surface area contributed by atoms with E-state index in [1.807, 2.05) is 30.4 Å². The number of fused-ring (bicyclic) bond motifs is 1. The van der Waals surface area contributed by atoms with Crippen LogP contribution in [0.15, 0.2) is 24.8 Å². The van der Waals surface area contributed by atoms with Crippen molar-refractivity contribution in [2.75, 3.05) is 13.1 Å². The zero-order valence-electron chi connectivity index (χ0n) is 14.9. The predicted octanol–water partition coefficient (Wildman–Crippen LogP) is 2.93. The summed E-state index contributed by atoms with van der Waals surface area (Å²) in [5.41, 5.74) is 1.75. The third kappa shape index (κ3) is 2.86. The standard InChI is InChI=1S/C18H21ClN6O/c1-3-23-9-6-20-16(23)13-4-7-24(8-5-13)18(26)15-14(19)17-21-10-12(2)11-25(17)22-15/h6,9-11,13H,3-5,7-8H2,1-2H3. The third-order valence-corrected chi connectivity index (χ3v) is 5.33. The number of piperidine rings is 1. The van der Waals surface area contributed by atoms with Crippen molar-refractivity contribution < 1.29 is 4.79 Å². The molecule has 0 radical (unpaired) electrons. The van der Waals surface area contributed by atoms with Crippen LogP contribution in [0.1, 0.15) is 47.6 Å². The second-order valence-electron chi connectivity index (χ2n) is 6.70. The summed E-state index contributed by atoms with van der Waals surface area (Å²) >= 11 is 6.37. The molecule has 0 N–H and O–H groups in total. The van der Waals surface area contributed by atoms with Crippen LogP contribution >= 0.6 is 11.6 Å². The molecular formula is C18H21ClN6O. The molecule has 3 aromatic rings. The molecular weight excluding hydrogens is 352 g/mol. The Labute approximate surface area is 156 Å². The monoisotopic (exact) mass is 372 g/mol. The first kappa shape index (κ1) is 17.0. The van der Waals surface area contributed by atoms with Gasteiger partial charge in [-0.05, 0) is 32.3 Å². The van der Waals surface area contributed by atoms with Gasteiger partial charge in [0.1, 0.15) is 10.8 Å². The number of carbonyl (C=O) groups is 1. The zero-order valence-corrected chi connectivity index (χ0v) is 15.6. The number of halogens is 1. The summed E-state index contributed by atoms with van der Waals surface area (Å²) in [6.07, 6.45) is 9.19. The van der Waals surface area contributed by atoms with Gasteiger partial charge in [-0.2, -0.15) is 5.10 Å². The second kappa shape index (κ2) is 6.72. The molecule has 1 amide bonds. The number of rotatable bonds is 3. The molecule has 1 fully saturated rings. The van der Waals surface area contributed by atoms with Crippen LogP contribution in [0, 0.1) is 6.92 Å². The van der Waals surface area contributed by atoms with E-state index < -0.39 is 0 Å². The molecule has 4 heterocycles. The van der Waals surface area contributed by atoms with Gasteiger partial charge in [0.15, 0.2) is 11.3 Å². The molecule has 0 saturated carbocycles. The fourth-order valence-electron chi connectivity index (χ4n) is 3.58. The zero-order chi connectivity index (χ0) is 18.3. The Morgan fingerprint density at radius 1 is 1.31 bits per heavy atom. The summed E-state index contributed by atoms with van der Waals surface area (Å²) < 4.78 is 3.75. The third-order valence-electron chi connectivity index (χ3n) is 4.98. The molecule has 8 heteroatoms. The van der Waals surface area contributed by atoms with Crippen molar-refractivity contribution in [3.8, 4) is 0 Å². The van der Waals surface area contributed by atoms with Crippen LogP contribution in [-0.2, 0) is 6.54 Å². The largest absolute Gasteiger partial charge is 0.337 e. The van der Waals surface area contributed by atoms with Gasteiger partial charge in [0, 0.05) is 50.3 Å². The molecule has 0 aromatic carbocycles. The molecule has 0 atom stereocenters. The fraction of sp³-hybridized carbons (Fsp3) is 0.444. The highest BCUT2D eigenvalue weighted by Crippen LogP contribution is 2.29. The molecule has 7 nitrogen and oxygen atoms in total. The number of amides is 1. The van der Waals surface area contributed by atoms with Gasteiger partial charge in [0.05, 0.1) is 0 Å². The maximum Gasteiger partial charge on any atom is 0.276 e. The molecule has 0 unspecified atom stereocenters. The topological polar surface area (TPSA) is 68.3 Å². The average molecular weight is 373 g/mol. The van der Waals surface area contributed by atoms with E-state index in [1.165, 1.54) is 0 Å². The van der Waals surface area contributed by atoms with Crippen molar-refractivity contribution in [2.45, 2.75) is 39.2 Å². The van der Waals surface area contributed by atoms with Crippen LogP contribution in [0.3, 0.4) is 0 Å². The van der Waals surface area contributed by atoms with E-state index in [2.05, 4.69) is 26.6 Å². The molecule has 0 spiro atoms. The van der Waals surface area contributed by atoms with E-state index in [1.54, 1.807) is 10.7 Å². The van der Waals surface area contributed by atoms with E-state index >= 15 is 0 Å². The lowest BCUT2D eigenvalue weighted by atomic mass is 9.95. The predicted molar refractivity (Wildman–Crippen MR) is 98.5 cm³/mol. The van der Waals surface area contributed by atoms with Gasteiger partial charge < -0.3 is 9.47 Å². The SMILES string of the molecule is CCn1ccnc1C1CCN(C(=O)c2nn3cc(C)cnc3c2Cl)CC1. The highest BCUT2D eigenvalue weighted by atomic mass is 35.5. The number of hydrogen-bond acceptors (Lipinski definition) is 4. The van der Waals surface area contributed by atoms with Gasteiger partial charge in [0.2, 0.25) is 0 Å². The summed E-state index contributed by atoms with van der Waals surface area (Å²) in [4.78, 5) is 23.5. The number of nitrogens with zero attached hydrogens (tertiary/aromatic N) is 6. The first-order valence-electron chi connectivity index (χ1n) is 8.89. The second-order valence-corrected chi connectivity index (χ2v) is 7.08. The average Bonchev–Trinajstić information content (AvgIpc) is 3.25. The molecule has 1 aliphatic heterocycles. The molecule has 0 bridgehead atoms. The Hall–Kier alpha value is -2.41. The van der Waals surface area contributed by atoms with Crippen molar-refractivity contribution in [2.24, 2.45) is 0 Å². The van der Waals surface area contributed by atoms with Crippen molar-refractivity contribution >= 4 is 23.2 Å². The van der Waals surface area contributed by atoms with E-state index in [0.29, 0.717) is 29.7 Å². The van der Waals surface area contributed by atoms with Gasteiger partial charge in [-0.3, -0.25) is 4.79 Å². The van der Waals surface area contributed by atoms with Crippen LogP contribution in [0.5, 0.6) is 0 Å². The smallest absolute Gasteiger partial charge is 0.276 e. The Balaban J connectivity index is 1.51. The Morgan fingerprint density at radius 3 is 2.81 bits per heavy atom. The van der Waals surface area contributed by atoms with E-state index in [-0.39, 0.29) is 11.6 Å². The Kier molecular flexibility index (Phi) is 4.40. The summed E-state index contributed by atoms with van der Waals surface area (Å²) in [6.45, 7) is 6.31. The summed E-state index contributed by atoms with van der Waals surface area (Å²) in [6, 6.07) is 0. The van der Waals surface area contributed by atoms with Gasteiger partial charge in [-0.15, -0.1) is 0 Å². The molecule has 4 rings (SSSR count). The van der Waals surface area contributed by atoms with Gasteiger partial charge in [-0.25, -0.2) is 14.5 Å². The molecule has 1 aliphatic rings. The summed E-state index contributed by atoms with van der Waals surface area (Å²) in [5.74, 6) is 1.37. The Morgan fingerprint density at radius 2 is 2.08 bits per heavy atom. The minimum Gasteiger partial charge on any atom is -0.337 e. The minimum atomic E-state index is -0.129. The van der Waals surface area contributed by atoms with Crippen molar-refractivity contribution in [3.63, 3.8) is 0 Å². The number of likely N-dealkylation sites (tertiary alicyclic amines) is 1. The van der Waals surface area contributed by atoms with Crippen LogP contribution < -0.4 is 0 Å². The first-order chi connectivity index (χ1) is 12.6. The lowest BCUT2D eigenvalue weighted by Crippen LogP contribution is -2.38. The highest BCUT2D eigenvalue weighted by molar-refractivity contribution is 6.36. The van der Waals surface area contributed by atoms with Crippen LogP contribution in [0.2, 0.25) is 5.02 Å². The van der Waals surface area contributed by atoms with Crippen molar-refractivity contribution in [1.29, 1.82) is 0 Å². The number of imidazole rings is 1. The summed E-state index contributed by atoms with van der Waals surface area (Å²) in [5, 5.41) is 4.68. The van der Waals surface area contributed by atoms with E-state index in [0.717, 1.165) is 30.8 Å². The molecule has 0 aliphatic carbocycles. The van der Waals surface area contributed by atoms with Gasteiger partial charge in [0.25, 0.3) is 5.91 Å². The maximum absolute atomic E-state index is 12.9. The lowest BCUT2D eigenvalue weighted by Gasteiger charge is -2.31. The summed E-state index contributed by atoms with van der Waals surface area (Å²) in [7, 11) is 0.